The molecular weight excluding hydrogens is 186 g/mol. The number of hydrogen-bond acceptors (Lipinski definition) is 2. The van der Waals surface area contributed by atoms with Crippen LogP contribution < -0.4 is 0 Å². The lowest BCUT2D eigenvalue weighted by Crippen LogP contribution is -2.22. The van der Waals surface area contributed by atoms with Gasteiger partial charge < -0.3 is 10.0 Å². The van der Waals surface area contributed by atoms with Gasteiger partial charge in [-0.2, -0.15) is 0 Å². The molecule has 0 unspecified atom stereocenters. The van der Waals surface area contributed by atoms with E-state index in [9.17, 15) is 0 Å². The standard InChI is InChI=1S/C10H14ClNO/c1-12(2)10(7-13)8-4-3-5-9(11)6-8/h3-6,10,13H,7H2,1-2H3/t10-/m0/s1. The maximum Gasteiger partial charge on any atom is 0.0628 e. The third kappa shape index (κ3) is 2.69. The Balaban J connectivity index is 2.91. The molecule has 0 amide bonds. The van der Waals surface area contributed by atoms with Crippen molar-refractivity contribution in [3.63, 3.8) is 0 Å². The summed E-state index contributed by atoms with van der Waals surface area (Å²) < 4.78 is 0. The quantitative estimate of drug-likeness (QED) is 0.805. The van der Waals surface area contributed by atoms with E-state index in [1.165, 1.54) is 0 Å². The zero-order valence-electron chi connectivity index (χ0n) is 7.87. The number of nitrogens with zero attached hydrogens (tertiary/aromatic N) is 1. The zero-order chi connectivity index (χ0) is 9.84. The molecule has 0 radical (unpaired) electrons. The van der Waals surface area contributed by atoms with Crippen LogP contribution in [-0.2, 0) is 0 Å². The van der Waals surface area contributed by atoms with Crippen molar-refractivity contribution in [1.82, 2.24) is 4.90 Å². The van der Waals surface area contributed by atoms with Crippen molar-refractivity contribution < 1.29 is 5.11 Å². The lowest BCUT2D eigenvalue weighted by molar-refractivity contribution is 0.171. The Labute approximate surface area is 83.7 Å². The Hall–Kier alpha value is -0.570. The van der Waals surface area contributed by atoms with Crippen LogP contribution in [-0.4, -0.2) is 30.7 Å². The largest absolute Gasteiger partial charge is 0.394 e. The minimum atomic E-state index is 0.0266. The van der Waals surface area contributed by atoms with Gasteiger partial charge in [0.2, 0.25) is 0 Å². The van der Waals surface area contributed by atoms with Gasteiger partial charge in [-0.3, -0.25) is 0 Å². The van der Waals surface area contributed by atoms with Crippen LogP contribution in [0.4, 0.5) is 0 Å². The maximum atomic E-state index is 9.16. The Morgan fingerprint density at radius 3 is 2.62 bits per heavy atom. The first-order chi connectivity index (χ1) is 6.15. The van der Waals surface area contributed by atoms with Crippen molar-refractivity contribution in [2.75, 3.05) is 20.7 Å². The minimum absolute atomic E-state index is 0.0266. The first kappa shape index (κ1) is 10.5. The summed E-state index contributed by atoms with van der Waals surface area (Å²) in [5.74, 6) is 0. The molecule has 13 heavy (non-hydrogen) atoms. The summed E-state index contributed by atoms with van der Waals surface area (Å²) in [6.45, 7) is 0.105. The van der Waals surface area contributed by atoms with E-state index in [1.54, 1.807) is 0 Å². The van der Waals surface area contributed by atoms with Crippen LogP contribution in [0.25, 0.3) is 0 Å². The molecule has 0 aliphatic heterocycles. The fourth-order valence-electron chi connectivity index (χ4n) is 1.28. The fraction of sp³-hybridized carbons (Fsp3) is 0.400. The van der Waals surface area contributed by atoms with Gasteiger partial charge in [0.1, 0.15) is 0 Å². The van der Waals surface area contributed by atoms with Crippen LogP contribution in [0.5, 0.6) is 0 Å². The van der Waals surface area contributed by atoms with Gasteiger partial charge in [-0.15, -0.1) is 0 Å². The third-order valence-corrected chi connectivity index (χ3v) is 2.26. The normalized spacial score (nSPS) is 13.3. The van der Waals surface area contributed by atoms with Gasteiger partial charge in [0.15, 0.2) is 0 Å². The smallest absolute Gasteiger partial charge is 0.0628 e. The highest BCUT2D eigenvalue weighted by molar-refractivity contribution is 6.30. The molecule has 2 nitrogen and oxygen atoms in total. The van der Waals surface area contributed by atoms with Crippen molar-refractivity contribution in [3.8, 4) is 0 Å². The average Bonchev–Trinajstić information content (AvgIpc) is 2.04. The molecule has 0 aliphatic carbocycles. The molecule has 3 heteroatoms. The Bertz CT molecular complexity index is 275. The molecule has 0 spiro atoms. The molecular formula is C10H14ClNO. The first-order valence-electron chi connectivity index (χ1n) is 4.18. The molecule has 0 bridgehead atoms. The Morgan fingerprint density at radius 2 is 2.15 bits per heavy atom. The highest BCUT2D eigenvalue weighted by Gasteiger charge is 2.12. The monoisotopic (exact) mass is 199 g/mol. The van der Waals surface area contributed by atoms with Gasteiger partial charge in [-0.1, -0.05) is 23.7 Å². The molecule has 0 saturated carbocycles. The molecule has 1 rings (SSSR count). The van der Waals surface area contributed by atoms with Crippen molar-refractivity contribution in [2.24, 2.45) is 0 Å². The first-order valence-corrected chi connectivity index (χ1v) is 4.55. The number of aliphatic hydroxyl groups is 1. The summed E-state index contributed by atoms with van der Waals surface area (Å²) in [5, 5.41) is 9.86. The van der Waals surface area contributed by atoms with Crippen LogP contribution in [0, 0.1) is 0 Å². The van der Waals surface area contributed by atoms with E-state index >= 15 is 0 Å². The predicted molar refractivity (Wildman–Crippen MR) is 55.0 cm³/mol. The van der Waals surface area contributed by atoms with Gasteiger partial charge >= 0.3 is 0 Å². The number of aliphatic hydroxyl groups excluding tert-OH is 1. The second kappa shape index (κ2) is 4.61. The van der Waals surface area contributed by atoms with Crippen molar-refractivity contribution >= 4 is 11.6 Å². The lowest BCUT2D eigenvalue weighted by atomic mass is 10.1. The highest BCUT2D eigenvalue weighted by atomic mass is 35.5. The van der Waals surface area contributed by atoms with Crippen LogP contribution >= 0.6 is 11.6 Å². The van der Waals surface area contributed by atoms with E-state index in [0.29, 0.717) is 5.02 Å². The summed E-state index contributed by atoms with van der Waals surface area (Å²) in [7, 11) is 3.86. The van der Waals surface area contributed by atoms with E-state index in [4.69, 9.17) is 16.7 Å². The van der Waals surface area contributed by atoms with Crippen molar-refractivity contribution in [2.45, 2.75) is 6.04 Å². The molecule has 0 fully saturated rings. The average molecular weight is 200 g/mol. The van der Waals surface area contributed by atoms with Crippen LogP contribution in [0.3, 0.4) is 0 Å². The summed E-state index contributed by atoms with van der Waals surface area (Å²) in [6, 6.07) is 7.59. The van der Waals surface area contributed by atoms with Crippen LogP contribution in [0.2, 0.25) is 5.02 Å². The molecule has 72 valence electrons. The summed E-state index contributed by atoms with van der Waals surface area (Å²) in [4.78, 5) is 1.96. The van der Waals surface area contributed by atoms with E-state index < -0.39 is 0 Å². The van der Waals surface area contributed by atoms with E-state index in [2.05, 4.69) is 0 Å². The second-order valence-corrected chi connectivity index (χ2v) is 3.65. The number of likely N-dealkylation sites (N-methyl/N-ethyl adjacent to an activating group) is 1. The second-order valence-electron chi connectivity index (χ2n) is 3.22. The minimum Gasteiger partial charge on any atom is -0.394 e. The van der Waals surface area contributed by atoms with Crippen molar-refractivity contribution in [3.05, 3.63) is 34.9 Å². The van der Waals surface area contributed by atoms with Gasteiger partial charge in [0, 0.05) is 5.02 Å². The fourth-order valence-corrected chi connectivity index (χ4v) is 1.48. The maximum absolute atomic E-state index is 9.16. The summed E-state index contributed by atoms with van der Waals surface area (Å²) >= 11 is 5.85. The Kier molecular flexibility index (Phi) is 3.72. The van der Waals surface area contributed by atoms with Gasteiger partial charge in [0.25, 0.3) is 0 Å². The molecule has 0 aromatic heterocycles. The Morgan fingerprint density at radius 1 is 1.46 bits per heavy atom. The van der Waals surface area contributed by atoms with E-state index in [1.807, 2.05) is 43.3 Å². The molecule has 0 heterocycles. The molecule has 1 N–H and O–H groups in total. The van der Waals surface area contributed by atoms with Gasteiger partial charge in [0.05, 0.1) is 12.6 Å². The lowest BCUT2D eigenvalue weighted by Gasteiger charge is -2.22. The van der Waals surface area contributed by atoms with Gasteiger partial charge in [-0.25, -0.2) is 0 Å². The molecule has 1 aromatic rings. The van der Waals surface area contributed by atoms with Crippen LogP contribution in [0.15, 0.2) is 24.3 Å². The number of benzene rings is 1. The third-order valence-electron chi connectivity index (χ3n) is 2.03. The van der Waals surface area contributed by atoms with Crippen LogP contribution in [0.1, 0.15) is 11.6 Å². The van der Waals surface area contributed by atoms with E-state index in [-0.39, 0.29) is 12.6 Å². The SMILES string of the molecule is CN(C)[C@@H](CO)c1cccc(Cl)c1. The molecule has 0 aliphatic rings. The number of rotatable bonds is 3. The van der Waals surface area contributed by atoms with Gasteiger partial charge in [-0.05, 0) is 31.8 Å². The predicted octanol–water partition coefficient (Wildman–Crippen LogP) is 1.93. The highest BCUT2D eigenvalue weighted by Crippen LogP contribution is 2.20. The van der Waals surface area contributed by atoms with Crippen molar-refractivity contribution in [1.29, 1.82) is 0 Å². The summed E-state index contributed by atoms with van der Waals surface area (Å²) in [5.41, 5.74) is 1.04. The zero-order valence-corrected chi connectivity index (χ0v) is 8.62. The molecule has 1 aromatic carbocycles. The summed E-state index contributed by atoms with van der Waals surface area (Å²) in [6.07, 6.45) is 0. The topological polar surface area (TPSA) is 23.5 Å². The van der Waals surface area contributed by atoms with E-state index in [0.717, 1.165) is 5.56 Å². The number of hydrogen-bond donors (Lipinski definition) is 1. The molecule has 0 saturated heterocycles. The number of halogens is 1. The molecule has 1 atom stereocenters.